The molecule has 0 amide bonds. The number of nitrogens with one attached hydrogen (secondary N) is 1. The Bertz CT molecular complexity index is 900. The molecule has 0 aliphatic rings. The van der Waals surface area contributed by atoms with Crippen LogP contribution in [0.25, 0.3) is 21.9 Å². The number of hydrogen-bond acceptors (Lipinski definition) is 4. The van der Waals surface area contributed by atoms with Crippen LogP contribution in [0.4, 0.5) is 5.69 Å². The Morgan fingerprint density at radius 1 is 0.952 bits per heavy atom. The summed E-state index contributed by atoms with van der Waals surface area (Å²) in [6.07, 6.45) is 5.13. The lowest BCUT2D eigenvalue weighted by Crippen LogP contribution is -2.01. The molecule has 4 rings (SSSR count). The van der Waals surface area contributed by atoms with Gasteiger partial charge in [0.1, 0.15) is 11.2 Å². The van der Waals surface area contributed by atoms with E-state index in [1.807, 2.05) is 30.3 Å². The maximum absolute atomic E-state index is 5.82. The number of furan rings is 1. The summed E-state index contributed by atoms with van der Waals surface area (Å²) >= 11 is 0. The van der Waals surface area contributed by atoms with Crippen molar-refractivity contribution in [1.29, 1.82) is 0 Å². The summed E-state index contributed by atoms with van der Waals surface area (Å²) in [4.78, 5) is 8.31. The normalized spacial score (nSPS) is 11.0. The number of para-hydroxylation sites is 1. The molecule has 0 radical (unpaired) electrons. The molecule has 0 fully saturated rings. The van der Waals surface area contributed by atoms with Gasteiger partial charge in [0.05, 0.1) is 18.4 Å². The van der Waals surface area contributed by atoms with E-state index < -0.39 is 0 Å². The summed E-state index contributed by atoms with van der Waals surface area (Å²) in [6.45, 7) is 0.648. The summed E-state index contributed by atoms with van der Waals surface area (Å²) in [5, 5.41) is 5.62. The molecule has 0 aliphatic heterocycles. The lowest BCUT2D eigenvalue weighted by Gasteiger charge is -2.05. The molecule has 0 bridgehead atoms. The third-order valence-corrected chi connectivity index (χ3v) is 3.47. The van der Waals surface area contributed by atoms with Crippen molar-refractivity contribution >= 4 is 27.6 Å². The monoisotopic (exact) mass is 275 g/mol. The average molecular weight is 275 g/mol. The minimum atomic E-state index is 0.648. The van der Waals surface area contributed by atoms with Gasteiger partial charge in [0.15, 0.2) is 0 Å². The van der Waals surface area contributed by atoms with Crippen LogP contribution >= 0.6 is 0 Å². The zero-order chi connectivity index (χ0) is 14.1. The van der Waals surface area contributed by atoms with E-state index in [0.29, 0.717) is 6.54 Å². The standard InChI is InChI=1S/C17H13N3O/c1-2-4-16-14(3-1)15-9-12(5-6-17(15)21-16)20-11-13-10-18-7-8-19-13/h1-10,20H,11H2. The number of rotatable bonds is 3. The van der Waals surface area contributed by atoms with E-state index in [4.69, 9.17) is 4.42 Å². The Balaban J connectivity index is 1.68. The quantitative estimate of drug-likeness (QED) is 0.614. The molecule has 0 unspecified atom stereocenters. The van der Waals surface area contributed by atoms with Crippen LogP contribution in [0.1, 0.15) is 5.69 Å². The third-order valence-electron chi connectivity index (χ3n) is 3.47. The minimum absolute atomic E-state index is 0.648. The van der Waals surface area contributed by atoms with Gasteiger partial charge >= 0.3 is 0 Å². The van der Waals surface area contributed by atoms with Crippen LogP contribution in [0.3, 0.4) is 0 Å². The average Bonchev–Trinajstić information content (AvgIpc) is 2.92. The smallest absolute Gasteiger partial charge is 0.135 e. The molecule has 4 nitrogen and oxygen atoms in total. The summed E-state index contributed by atoms with van der Waals surface area (Å²) in [6, 6.07) is 14.2. The highest BCUT2D eigenvalue weighted by atomic mass is 16.3. The molecule has 0 saturated heterocycles. The van der Waals surface area contributed by atoms with Crippen molar-refractivity contribution < 1.29 is 4.42 Å². The first kappa shape index (κ1) is 11.9. The van der Waals surface area contributed by atoms with E-state index in [2.05, 4.69) is 27.4 Å². The predicted octanol–water partition coefficient (Wildman–Crippen LogP) is 3.99. The van der Waals surface area contributed by atoms with E-state index in [0.717, 1.165) is 33.3 Å². The van der Waals surface area contributed by atoms with E-state index >= 15 is 0 Å². The fraction of sp³-hybridized carbons (Fsp3) is 0.0588. The molecule has 2 aromatic heterocycles. The van der Waals surface area contributed by atoms with Crippen molar-refractivity contribution in [1.82, 2.24) is 9.97 Å². The molecule has 4 aromatic rings. The highest BCUT2D eigenvalue weighted by Crippen LogP contribution is 2.30. The second-order valence-corrected chi connectivity index (χ2v) is 4.86. The molecule has 2 aromatic carbocycles. The van der Waals surface area contributed by atoms with Crippen molar-refractivity contribution in [2.45, 2.75) is 6.54 Å². The fourth-order valence-corrected chi connectivity index (χ4v) is 2.45. The Morgan fingerprint density at radius 2 is 1.86 bits per heavy atom. The van der Waals surface area contributed by atoms with E-state index in [1.165, 1.54) is 0 Å². The molecule has 4 heteroatoms. The largest absolute Gasteiger partial charge is 0.456 e. The predicted molar refractivity (Wildman–Crippen MR) is 83.1 cm³/mol. The van der Waals surface area contributed by atoms with Gasteiger partial charge in [-0.3, -0.25) is 9.97 Å². The first-order valence-corrected chi connectivity index (χ1v) is 6.80. The molecular formula is C17H13N3O. The Kier molecular flexibility index (Phi) is 2.78. The van der Waals surface area contributed by atoms with Gasteiger partial charge in [0.2, 0.25) is 0 Å². The first-order chi connectivity index (χ1) is 10.4. The second-order valence-electron chi connectivity index (χ2n) is 4.86. The van der Waals surface area contributed by atoms with Crippen LogP contribution in [0, 0.1) is 0 Å². The molecule has 0 spiro atoms. The number of hydrogen-bond donors (Lipinski definition) is 1. The first-order valence-electron chi connectivity index (χ1n) is 6.80. The van der Waals surface area contributed by atoms with Gasteiger partial charge in [-0.2, -0.15) is 0 Å². The maximum atomic E-state index is 5.82. The van der Waals surface area contributed by atoms with Gasteiger partial charge in [-0.05, 0) is 24.3 Å². The van der Waals surface area contributed by atoms with E-state index in [9.17, 15) is 0 Å². The number of fused-ring (bicyclic) bond motifs is 3. The van der Waals surface area contributed by atoms with Crippen molar-refractivity contribution in [2.24, 2.45) is 0 Å². The number of aromatic nitrogens is 2. The minimum Gasteiger partial charge on any atom is -0.456 e. The number of nitrogens with zero attached hydrogens (tertiary/aromatic N) is 2. The van der Waals surface area contributed by atoms with Crippen LogP contribution < -0.4 is 5.32 Å². The topological polar surface area (TPSA) is 51.0 Å². The second kappa shape index (κ2) is 4.90. The van der Waals surface area contributed by atoms with Gasteiger partial charge in [0, 0.05) is 28.9 Å². The molecule has 0 aliphatic carbocycles. The highest BCUT2D eigenvalue weighted by molar-refractivity contribution is 6.05. The molecular weight excluding hydrogens is 262 g/mol. The van der Waals surface area contributed by atoms with Crippen molar-refractivity contribution in [2.75, 3.05) is 5.32 Å². The summed E-state index contributed by atoms with van der Waals surface area (Å²) in [5.74, 6) is 0. The molecule has 0 saturated carbocycles. The summed E-state index contributed by atoms with van der Waals surface area (Å²) in [7, 11) is 0. The molecule has 0 atom stereocenters. The van der Waals surface area contributed by atoms with Crippen LogP contribution in [-0.2, 0) is 6.54 Å². The van der Waals surface area contributed by atoms with Crippen molar-refractivity contribution in [3.05, 3.63) is 66.7 Å². The molecule has 2 heterocycles. The molecule has 102 valence electrons. The van der Waals surface area contributed by atoms with Gasteiger partial charge in [-0.1, -0.05) is 18.2 Å². The van der Waals surface area contributed by atoms with Crippen LogP contribution in [0.15, 0.2) is 65.5 Å². The SMILES string of the molecule is c1ccc2c(c1)oc1ccc(NCc3cnccn3)cc12. The van der Waals surface area contributed by atoms with Crippen molar-refractivity contribution in [3.63, 3.8) is 0 Å². The molecule has 21 heavy (non-hydrogen) atoms. The lowest BCUT2D eigenvalue weighted by atomic mass is 10.1. The van der Waals surface area contributed by atoms with Gasteiger partial charge in [0.25, 0.3) is 0 Å². The molecule has 1 N–H and O–H groups in total. The zero-order valence-electron chi connectivity index (χ0n) is 11.3. The maximum Gasteiger partial charge on any atom is 0.135 e. The Labute approximate surface area is 121 Å². The van der Waals surface area contributed by atoms with Crippen LogP contribution in [-0.4, -0.2) is 9.97 Å². The third kappa shape index (κ3) is 2.21. The summed E-state index contributed by atoms with van der Waals surface area (Å²) in [5.41, 5.74) is 3.77. The summed E-state index contributed by atoms with van der Waals surface area (Å²) < 4.78 is 5.82. The Morgan fingerprint density at radius 3 is 2.76 bits per heavy atom. The van der Waals surface area contributed by atoms with E-state index in [-0.39, 0.29) is 0 Å². The van der Waals surface area contributed by atoms with Gasteiger partial charge in [-0.25, -0.2) is 0 Å². The van der Waals surface area contributed by atoms with Crippen molar-refractivity contribution in [3.8, 4) is 0 Å². The number of benzene rings is 2. The Hall–Kier alpha value is -2.88. The number of anilines is 1. The fourth-order valence-electron chi connectivity index (χ4n) is 2.45. The van der Waals surface area contributed by atoms with Gasteiger partial charge < -0.3 is 9.73 Å². The van der Waals surface area contributed by atoms with Crippen LogP contribution in [0.5, 0.6) is 0 Å². The van der Waals surface area contributed by atoms with E-state index in [1.54, 1.807) is 18.6 Å². The lowest BCUT2D eigenvalue weighted by molar-refractivity contribution is 0.669. The van der Waals surface area contributed by atoms with Crippen LogP contribution in [0.2, 0.25) is 0 Å². The van der Waals surface area contributed by atoms with Gasteiger partial charge in [-0.15, -0.1) is 0 Å². The highest BCUT2D eigenvalue weighted by Gasteiger charge is 2.06. The zero-order valence-corrected chi connectivity index (χ0v) is 11.3.